The van der Waals surface area contributed by atoms with Crippen molar-refractivity contribution in [2.24, 2.45) is 7.05 Å². The minimum absolute atomic E-state index is 0.145. The van der Waals surface area contributed by atoms with Crippen LogP contribution >= 0.6 is 0 Å². The second-order valence-electron chi connectivity index (χ2n) is 6.27. The summed E-state index contributed by atoms with van der Waals surface area (Å²) >= 11 is 0. The standard InChI is InChI=1S/C20H16F2N4O/c1-25-10-13(9-24-25)11-26-12-23-19(15-4-7-17(21)18(22)8-15)20(26)14-2-5-16(27)6-3-14/h2-10,12,27H,11H2,1H3. The van der Waals surface area contributed by atoms with Crippen LogP contribution in [0.25, 0.3) is 22.5 Å². The van der Waals surface area contributed by atoms with Crippen LogP contribution in [0.1, 0.15) is 5.56 Å². The molecule has 0 fully saturated rings. The number of phenols is 1. The Morgan fingerprint density at radius 1 is 1.00 bits per heavy atom. The van der Waals surface area contributed by atoms with Crippen molar-refractivity contribution in [2.75, 3.05) is 0 Å². The number of hydrogen-bond acceptors (Lipinski definition) is 3. The SMILES string of the molecule is Cn1cc(Cn2cnc(-c3ccc(F)c(F)c3)c2-c2ccc(O)cc2)cn1. The number of rotatable bonds is 4. The Morgan fingerprint density at radius 3 is 2.41 bits per heavy atom. The molecule has 0 saturated heterocycles. The summed E-state index contributed by atoms with van der Waals surface area (Å²) in [5.41, 5.74) is 3.52. The molecule has 0 spiro atoms. The van der Waals surface area contributed by atoms with Crippen LogP contribution in [0.2, 0.25) is 0 Å². The van der Waals surface area contributed by atoms with E-state index in [-0.39, 0.29) is 5.75 Å². The van der Waals surface area contributed by atoms with Crippen LogP contribution in [-0.4, -0.2) is 24.4 Å². The highest BCUT2D eigenvalue weighted by molar-refractivity contribution is 5.79. The molecule has 27 heavy (non-hydrogen) atoms. The topological polar surface area (TPSA) is 55.9 Å². The van der Waals surface area contributed by atoms with E-state index in [1.54, 1.807) is 41.5 Å². The summed E-state index contributed by atoms with van der Waals surface area (Å²) in [6, 6.07) is 10.4. The zero-order valence-electron chi connectivity index (χ0n) is 14.5. The molecule has 2 aromatic heterocycles. The molecular weight excluding hydrogens is 350 g/mol. The molecule has 0 aliphatic rings. The quantitative estimate of drug-likeness (QED) is 0.594. The fourth-order valence-corrected chi connectivity index (χ4v) is 3.03. The van der Waals surface area contributed by atoms with Crippen molar-refractivity contribution in [1.29, 1.82) is 0 Å². The number of halogens is 2. The van der Waals surface area contributed by atoms with Gasteiger partial charge in [-0.3, -0.25) is 4.68 Å². The van der Waals surface area contributed by atoms with Gasteiger partial charge in [-0.15, -0.1) is 0 Å². The van der Waals surface area contributed by atoms with Crippen LogP contribution < -0.4 is 0 Å². The first-order valence-electron chi connectivity index (χ1n) is 8.29. The first kappa shape index (κ1) is 17.0. The van der Waals surface area contributed by atoms with Crippen molar-refractivity contribution < 1.29 is 13.9 Å². The number of hydrogen-bond donors (Lipinski definition) is 1. The molecule has 4 rings (SSSR count). The average Bonchev–Trinajstić information content (AvgIpc) is 3.25. The molecule has 136 valence electrons. The van der Waals surface area contributed by atoms with Crippen LogP contribution in [0.4, 0.5) is 8.78 Å². The Balaban J connectivity index is 1.85. The van der Waals surface area contributed by atoms with Crippen molar-refractivity contribution in [1.82, 2.24) is 19.3 Å². The van der Waals surface area contributed by atoms with Crippen molar-refractivity contribution in [3.8, 4) is 28.3 Å². The highest BCUT2D eigenvalue weighted by atomic mass is 19.2. The lowest BCUT2D eigenvalue weighted by Gasteiger charge is -2.10. The van der Waals surface area contributed by atoms with Gasteiger partial charge in [0.25, 0.3) is 0 Å². The monoisotopic (exact) mass is 366 g/mol. The van der Waals surface area contributed by atoms with E-state index in [9.17, 15) is 13.9 Å². The second kappa shape index (κ2) is 6.68. The number of nitrogens with zero attached hydrogens (tertiary/aromatic N) is 4. The minimum atomic E-state index is -0.925. The van der Waals surface area contributed by atoms with E-state index in [2.05, 4.69) is 10.1 Å². The third kappa shape index (κ3) is 3.31. The fraction of sp³-hybridized carbons (Fsp3) is 0.100. The molecule has 1 N–H and O–H groups in total. The van der Waals surface area contributed by atoms with Gasteiger partial charge < -0.3 is 9.67 Å². The molecule has 5 nitrogen and oxygen atoms in total. The van der Waals surface area contributed by atoms with Gasteiger partial charge in [-0.05, 0) is 42.5 Å². The van der Waals surface area contributed by atoms with E-state index < -0.39 is 11.6 Å². The average molecular weight is 366 g/mol. The van der Waals surface area contributed by atoms with Crippen molar-refractivity contribution >= 4 is 0 Å². The molecular formula is C20H16F2N4O. The molecule has 0 amide bonds. The molecule has 4 aromatic rings. The molecule has 0 atom stereocenters. The van der Waals surface area contributed by atoms with E-state index in [0.717, 1.165) is 29.0 Å². The van der Waals surface area contributed by atoms with Gasteiger partial charge in [0.2, 0.25) is 0 Å². The Morgan fingerprint density at radius 2 is 1.74 bits per heavy atom. The molecule has 2 heterocycles. The van der Waals surface area contributed by atoms with Gasteiger partial charge in [-0.25, -0.2) is 13.8 Å². The Hall–Kier alpha value is -3.48. The predicted octanol–water partition coefficient (Wildman–Crippen LogP) is 3.98. The fourth-order valence-electron chi connectivity index (χ4n) is 3.03. The van der Waals surface area contributed by atoms with E-state index in [4.69, 9.17) is 0 Å². The third-order valence-electron chi connectivity index (χ3n) is 4.28. The highest BCUT2D eigenvalue weighted by Crippen LogP contribution is 2.33. The second-order valence-corrected chi connectivity index (χ2v) is 6.27. The smallest absolute Gasteiger partial charge is 0.159 e. The number of aromatic hydroxyl groups is 1. The maximum absolute atomic E-state index is 13.8. The molecule has 7 heteroatoms. The lowest BCUT2D eigenvalue weighted by molar-refractivity contribution is 0.475. The van der Waals surface area contributed by atoms with E-state index in [1.165, 1.54) is 6.07 Å². The normalized spacial score (nSPS) is 11.1. The van der Waals surface area contributed by atoms with E-state index >= 15 is 0 Å². The lowest BCUT2D eigenvalue weighted by Crippen LogP contribution is -2.00. The van der Waals surface area contributed by atoms with Gasteiger partial charge in [0.1, 0.15) is 5.75 Å². The number of benzene rings is 2. The van der Waals surface area contributed by atoms with Crippen LogP contribution in [0.15, 0.2) is 61.2 Å². The maximum atomic E-state index is 13.8. The largest absolute Gasteiger partial charge is 0.508 e. The zero-order valence-corrected chi connectivity index (χ0v) is 14.5. The molecule has 0 bridgehead atoms. The summed E-state index contributed by atoms with van der Waals surface area (Å²) in [5.74, 6) is -1.68. The van der Waals surface area contributed by atoms with E-state index in [1.807, 2.05) is 17.8 Å². The summed E-state index contributed by atoms with van der Waals surface area (Å²) in [6.07, 6.45) is 5.32. The van der Waals surface area contributed by atoms with Crippen LogP contribution in [0, 0.1) is 11.6 Å². The van der Waals surface area contributed by atoms with Gasteiger partial charge in [-0.1, -0.05) is 0 Å². The molecule has 0 saturated carbocycles. The minimum Gasteiger partial charge on any atom is -0.508 e. The Labute approximate surface area is 154 Å². The summed E-state index contributed by atoms with van der Waals surface area (Å²) < 4.78 is 30.7. The van der Waals surface area contributed by atoms with Gasteiger partial charge in [0, 0.05) is 29.9 Å². The third-order valence-corrected chi connectivity index (χ3v) is 4.28. The van der Waals surface area contributed by atoms with Crippen LogP contribution in [0.5, 0.6) is 5.75 Å². The number of imidazole rings is 1. The predicted molar refractivity (Wildman–Crippen MR) is 97.0 cm³/mol. The number of aromatic nitrogens is 4. The van der Waals surface area contributed by atoms with Crippen LogP contribution in [0.3, 0.4) is 0 Å². The number of phenolic OH excluding ortho intramolecular Hbond substituents is 1. The summed E-state index contributed by atoms with van der Waals surface area (Å²) in [7, 11) is 1.84. The van der Waals surface area contributed by atoms with Gasteiger partial charge in [0.15, 0.2) is 11.6 Å². The van der Waals surface area contributed by atoms with E-state index in [0.29, 0.717) is 17.8 Å². The number of aryl methyl sites for hydroxylation is 1. The van der Waals surface area contributed by atoms with Crippen LogP contribution in [-0.2, 0) is 13.6 Å². The summed E-state index contributed by atoms with van der Waals surface area (Å²) in [5, 5.41) is 13.8. The maximum Gasteiger partial charge on any atom is 0.159 e. The first-order chi connectivity index (χ1) is 13.0. The molecule has 0 aliphatic heterocycles. The van der Waals surface area contributed by atoms with Crippen molar-refractivity contribution in [2.45, 2.75) is 6.54 Å². The van der Waals surface area contributed by atoms with Gasteiger partial charge in [0.05, 0.1) is 30.5 Å². The van der Waals surface area contributed by atoms with Crippen molar-refractivity contribution in [3.05, 3.63) is 78.4 Å². The van der Waals surface area contributed by atoms with Gasteiger partial charge >= 0.3 is 0 Å². The Bertz CT molecular complexity index is 1100. The first-order valence-corrected chi connectivity index (χ1v) is 8.29. The molecule has 0 radical (unpaired) electrons. The van der Waals surface area contributed by atoms with Gasteiger partial charge in [-0.2, -0.15) is 5.10 Å². The molecule has 0 aliphatic carbocycles. The molecule has 2 aromatic carbocycles. The lowest BCUT2D eigenvalue weighted by atomic mass is 10.0. The summed E-state index contributed by atoms with van der Waals surface area (Å²) in [4.78, 5) is 4.44. The zero-order chi connectivity index (χ0) is 19.0. The van der Waals surface area contributed by atoms with Crippen molar-refractivity contribution in [3.63, 3.8) is 0 Å². The Kier molecular flexibility index (Phi) is 4.19. The highest BCUT2D eigenvalue weighted by Gasteiger charge is 2.17. The summed E-state index contributed by atoms with van der Waals surface area (Å²) in [6.45, 7) is 0.515. The molecule has 0 unspecified atom stereocenters.